The Morgan fingerprint density at radius 2 is 1.76 bits per heavy atom. The second kappa shape index (κ2) is 12.7. The van der Waals surface area contributed by atoms with Crippen LogP contribution in [0, 0.1) is 5.92 Å². The Morgan fingerprint density at radius 3 is 2.47 bits per heavy atom. The van der Waals surface area contributed by atoms with Crippen LogP contribution in [-0.2, 0) is 24.4 Å². The third-order valence-corrected chi connectivity index (χ3v) is 7.83. The summed E-state index contributed by atoms with van der Waals surface area (Å²) in [6.45, 7) is 0.741. The van der Waals surface area contributed by atoms with Crippen molar-refractivity contribution >= 4 is 18.0 Å². The number of carboxylic acid groups (broad SMARTS) is 2. The number of nitrogens with zero attached hydrogens (tertiary/aromatic N) is 2. The molecule has 2 N–H and O–H groups in total. The Bertz CT molecular complexity index is 1790. The van der Waals surface area contributed by atoms with Gasteiger partial charge < -0.3 is 33.9 Å². The molecule has 0 atom stereocenters. The number of aromatic carboxylic acids is 1. The van der Waals surface area contributed by atoms with Crippen molar-refractivity contribution in [2.24, 2.45) is 5.92 Å². The van der Waals surface area contributed by atoms with Crippen molar-refractivity contribution in [2.75, 3.05) is 21.0 Å². The Balaban J connectivity index is 1.41. The van der Waals surface area contributed by atoms with Crippen molar-refractivity contribution in [1.29, 1.82) is 0 Å². The molecule has 0 bridgehead atoms. The van der Waals surface area contributed by atoms with Crippen LogP contribution < -0.4 is 23.7 Å². The topological polar surface area (TPSA) is 139 Å². The number of fused-ring (bicyclic) bond motifs is 1. The lowest BCUT2D eigenvalue weighted by atomic mass is 9.99. The molecule has 4 aromatic rings. The number of hydrogen-bond acceptors (Lipinski definition) is 8. The van der Waals surface area contributed by atoms with E-state index in [4.69, 9.17) is 23.7 Å². The summed E-state index contributed by atoms with van der Waals surface area (Å²) in [6, 6.07) is 15.5. The molecular weight excluding hydrogens is 580 g/mol. The van der Waals surface area contributed by atoms with E-state index in [1.54, 1.807) is 61.8 Å². The lowest BCUT2D eigenvalue weighted by Gasteiger charge is -2.16. The third kappa shape index (κ3) is 6.42. The molecule has 1 aliphatic carbocycles. The molecular formula is C34H32N2O9. The molecule has 3 aromatic carbocycles. The summed E-state index contributed by atoms with van der Waals surface area (Å²) in [5, 5.41) is 24.6. The maximum absolute atomic E-state index is 12.6. The van der Waals surface area contributed by atoms with Crippen LogP contribution in [0.25, 0.3) is 17.3 Å². The van der Waals surface area contributed by atoms with Crippen molar-refractivity contribution in [3.8, 4) is 40.0 Å². The molecule has 6 rings (SSSR count). The summed E-state index contributed by atoms with van der Waals surface area (Å²) in [5.41, 5.74) is 3.35. The summed E-state index contributed by atoms with van der Waals surface area (Å²) < 4.78 is 30.1. The van der Waals surface area contributed by atoms with Crippen LogP contribution in [0.15, 0.2) is 66.4 Å². The van der Waals surface area contributed by atoms with E-state index in [9.17, 15) is 19.8 Å². The van der Waals surface area contributed by atoms with Crippen molar-refractivity contribution in [3.05, 3.63) is 88.6 Å². The van der Waals surface area contributed by atoms with Gasteiger partial charge in [-0.1, -0.05) is 18.2 Å². The molecule has 2 aliphatic rings. The van der Waals surface area contributed by atoms with E-state index in [2.05, 4.69) is 5.10 Å². The highest BCUT2D eigenvalue weighted by atomic mass is 16.7. The zero-order valence-electron chi connectivity index (χ0n) is 24.8. The van der Waals surface area contributed by atoms with Crippen LogP contribution in [-0.4, -0.2) is 52.9 Å². The minimum atomic E-state index is -1.09. The van der Waals surface area contributed by atoms with E-state index < -0.39 is 11.9 Å². The first-order valence-electron chi connectivity index (χ1n) is 14.4. The van der Waals surface area contributed by atoms with Crippen LogP contribution in [0.3, 0.4) is 0 Å². The van der Waals surface area contributed by atoms with E-state index in [-0.39, 0.29) is 31.0 Å². The molecule has 1 aromatic heterocycles. The summed E-state index contributed by atoms with van der Waals surface area (Å²) in [4.78, 5) is 24.4. The first-order valence-corrected chi connectivity index (χ1v) is 14.4. The van der Waals surface area contributed by atoms with Crippen LogP contribution >= 0.6 is 0 Å². The first-order chi connectivity index (χ1) is 21.8. The number of aromatic nitrogens is 2. The minimum absolute atomic E-state index is 0.00510. The van der Waals surface area contributed by atoms with E-state index in [1.165, 1.54) is 13.2 Å². The fourth-order valence-corrected chi connectivity index (χ4v) is 5.31. The zero-order chi connectivity index (χ0) is 31.5. The zero-order valence-corrected chi connectivity index (χ0v) is 24.8. The average molecular weight is 613 g/mol. The van der Waals surface area contributed by atoms with Crippen molar-refractivity contribution in [1.82, 2.24) is 9.78 Å². The largest absolute Gasteiger partial charge is 0.497 e. The molecule has 232 valence electrons. The second-order valence-electron chi connectivity index (χ2n) is 10.9. The van der Waals surface area contributed by atoms with Crippen LogP contribution in [0.2, 0.25) is 0 Å². The minimum Gasteiger partial charge on any atom is -0.497 e. The Labute approximate surface area is 259 Å². The van der Waals surface area contributed by atoms with Crippen molar-refractivity contribution < 1.29 is 43.5 Å². The van der Waals surface area contributed by atoms with Gasteiger partial charge in [0.2, 0.25) is 6.79 Å². The first kappa shape index (κ1) is 29.6. The molecule has 45 heavy (non-hydrogen) atoms. The van der Waals surface area contributed by atoms with Gasteiger partial charge in [0.1, 0.15) is 23.9 Å². The van der Waals surface area contributed by atoms with Gasteiger partial charge in [-0.2, -0.15) is 5.10 Å². The lowest BCUT2D eigenvalue weighted by Crippen LogP contribution is -2.08. The molecule has 11 nitrogen and oxygen atoms in total. The van der Waals surface area contributed by atoms with Crippen molar-refractivity contribution in [2.45, 2.75) is 32.4 Å². The van der Waals surface area contributed by atoms with Crippen LogP contribution in [0.1, 0.15) is 39.9 Å². The predicted octanol–water partition coefficient (Wildman–Crippen LogP) is 5.69. The standard InChI is InChI=1S/C34H32N2O9/c1-41-25-9-10-27(29(14-25)43-18-21-5-3-4-6-26(21)34(39)40)32-24(16-35-36(32)17-20-7-8-20)12-23(33(37)38)11-22-13-30-31(45-19-44-30)15-28(22)42-2/h3-6,9-10,12-16,20H,7-8,11,17-19H2,1-2H3,(H,37,38)(H,39,40)/b23-12+. The molecule has 0 unspecified atom stereocenters. The highest BCUT2D eigenvalue weighted by molar-refractivity contribution is 5.94. The molecule has 1 fully saturated rings. The van der Waals surface area contributed by atoms with Gasteiger partial charge in [-0.15, -0.1) is 0 Å². The van der Waals surface area contributed by atoms with E-state index >= 15 is 0 Å². The number of aliphatic carboxylic acids is 1. The fourth-order valence-electron chi connectivity index (χ4n) is 5.31. The molecule has 0 spiro atoms. The van der Waals surface area contributed by atoms with E-state index in [1.807, 2.05) is 10.7 Å². The fraction of sp³-hybridized carbons (Fsp3) is 0.265. The molecule has 1 aliphatic heterocycles. The number of rotatable bonds is 13. The number of ether oxygens (including phenoxy) is 5. The SMILES string of the molecule is COc1ccc(-c2c(/C=C(\Cc3cc4c(cc3OC)OCO4)C(=O)O)cnn2CC2CC2)c(OCc2ccccc2C(=O)O)c1. The smallest absolute Gasteiger partial charge is 0.336 e. The summed E-state index contributed by atoms with van der Waals surface area (Å²) in [6.07, 6.45) is 5.51. The Kier molecular flexibility index (Phi) is 8.33. The maximum Gasteiger partial charge on any atom is 0.336 e. The van der Waals surface area contributed by atoms with Gasteiger partial charge in [0.15, 0.2) is 11.5 Å². The molecule has 0 amide bonds. The summed E-state index contributed by atoms with van der Waals surface area (Å²) >= 11 is 0. The lowest BCUT2D eigenvalue weighted by molar-refractivity contribution is -0.132. The summed E-state index contributed by atoms with van der Waals surface area (Å²) in [5.74, 6) is 0.882. The van der Waals surface area contributed by atoms with Gasteiger partial charge in [0.25, 0.3) is 0 Å². The van der Waals surface area contributed by atoms with Gasteiger partial charge >= 0.3 is 11.9 Å². The van der Waals surface area contributed by atoms with Gasteiger partial charge in [-0.3, -0.25) is 4.68 Å². The number of carbonyl (C=O) groups is 2. The van der Waals surface area contributed by atoms with Crippen molar-refractivity contribution in [3.63, 3.8) is 0 Å². The Morgan fingerprint density at radius 1 is 0.978 bits per heavy atom. The average Bonchev–Trinajstić information content (AvgIpc) is 3.60. The highest BCUT2D eigenvalue weighted by Crippen LogP contribution is 2.41. The molecule has 2 heterocycles. The molecule has 1 saturated carbocycles. The predicted molar refractivity (Wildman–Crippen MR) is 163 cm³/mol. The van der Waals surface area contributed by atoms with Crippen LogP contribution in [0.5, 0.6) is 28.7 Å². The van der Waals surface area contributed by atoms with Crippen LogP contribution in [0.4, 0.5) is 0 Å². The monoisotopic (exact) mass is 612 g/mol. The van der Waals surface area contributed by atoms with Gasteiger partial charge in [-0.05, 0) is 49.1 Å². The number of benzene rings is 3. The number of hydrogen-bond donors (Lipinski definition) is 2. The van der Waals surface area contributed by atoms with E-state index in [0.29, 0.717) is 69.2 Å². The van der Waals surface area contributed by atoms with E-state index in [0.717, 1.165) is 12.8 Å². The molecule has 0 saturated heterocycles. The Hall–Kier alpha value is -5.45. The normalized spacial score (nSPS) is 13.9. The third-order valence-electron chi connectivity index (χ3n) is 7.83. The molecule has 0 radical (unpaired) electrons. The molecule has 11 heteroatoms. The highest BCUT2D eigenvalue weighted by Gasteiger charge is 2.27. The second-order valence-corrected chi connectivity index (χ2v) is 10.9. The quantitative estimate of drug-likeness (QED) is 0.181. The van der Waals surface area contributed by atoms with Gasteiger partial charge in [0, 0.05) is 52.9 Å². The number of methoxy groups -OCH3 is 2. The van der Waals surface area contributed by atoms with Gasteiger partial charge in [-0.25, -0.2) is 9.59 Å². The van der Waals surface area contributed by atoms with Gasteiger partial charge in [0.05, 0.1) is 31.7 Å². The number of carboxylic acids is 2. The maximum atomic E-state index is 12.6. The summed E-state index contributed by atoms with van der Waals surface area (Å²) in [7, 11) is 3.07.